The summed E-state index contributed by atoms with van der Waals surface area (Å²) in [7, 11) is 0. The zero-order chi connectivity index (χ0) is 20.4. The van der Waals surface area contributed by atoms with Gasteiger partial charge in [0.2, 0.25) is 0 Å². The van der Waals surface area contributed by atoms with Gasteiger partial charge < -0.3 is 9.52 Å². The number of benzene rings is 1. The van der Waals surface area contributed by atoms with Crippen LogP contribution in [0, 0.1) is 6.92 Å². The maximum atomic E-state index is 10.6. The Morgan fingerprint density at radius 2 is 1.89 bits per heavy atom. The smallest absolute Gasteiger partial charge is 0.475 e. The second kappa shape index (κ2) is 7.99. The highest BCUT2D eigenvalue weighted by Crippen LogP contribution is 2.46. The van der Waals surface area contributed by atoms with Gasteiger partial charge in [-0.1, -0.05) is 23.8 Å². The average molecular weight is 395 g/mol. The van der Waals surface area contributed by atoms with Crippen molar-refractivity contribution in [2.45, 2.75) is 50.7 Å². The first kappa shape index (κ1) is 20.5. The fraction of sp³-hybridized carbons (Fsp3) is 0.476. The van der Waals surface area contributed by atoms with Crippen molar-refractivity contribution in [2.75, 3.05) is 13.1 Å². The van der Waals surface area contributed by atoms with E-state index in [4.69, 9.17) is 14.3 Å². The lowest BCUT2D eigenvalue weighted by Crippen LogP contribution is -2.41. The van der Waals surface area contributed by atoms with Gasteiger partial charge in [0.1, 0.15) is 5.76 Å². The molecule has 0 bridgehead atoms. The van der Waals surface area contributed by atoms with Crippen molar-refractivity contribution in [2.24, 2.45) is 0 Å². The molecule has 0 atom stereocenters. The molecule has 1 aliphatic heterocycles. The van der Waals surface area contributed by atoms with Gasteiger partial charge in [0.25, 0.3) is 0 Å². The molecule has 0 radical (unpaired) electrons. The third kappa shape index (κ3) is 4.58. The number of rotatable bonds is 2. The minimum absolute atomic E-state index is 0.459. The van der Waals surface area contributed by atoms with Crippen LogP contribution in [0.4, 0.5) is 13.2 Å². The fourth-order valence-corrected chi connectivity index (χ4v) is 4.19. The highest BCUT2D eigenvalue weighted by Gasteiger charge is 2.41. The molecule has 1 aromatic heterocycles. The van der Waals surface area contributed by atoms with Crippen LogP contribution in [0.1, 0.15) is 41.7 Å². The summed E-state index contributed by atoms with van der Waals surface area (Å²) in [4.78, 5) is 11.4. The Morgan fingerprint density at radius 1 is 1.21 bits per heavy atom. The Bertz CT molecular complexity index is 807. The minimum atomic E-state index is -5.08. The third-order valence-electron chi connectivity index (χ3n) is 5.72. The van der Waals surface area contributed by atoms with Gasteiger partial charge in [0.05, 0.1) is 12.8 Å². The first-order valence-corrected chi connectivity index (χ1v) is 9.34. The quantitative estimate of drug-likeness (QED) is 0.801. The molecule has 2 aromatic rings. The number of carboxylic acid groups (broad SMARTS) is 1. The lowest BCUT2D eigenvalue weighted by Gasteiger charge is -2.40. The van der Waals surface area contributed by atoms with Crippen molar-refractivity contribution in [3.05, 3.63) is 59.0 Å². The number of aliphatic carboxylic acids is 1. The van der Waals surface area contributed by atoms with Crippen molar-refractivity contribution >= 4 is 5.97 Å². The molecule has 7 heteroatoms. The number of carboxylic acids is 1. The van der Waals surface area contributed by atoms with Crippen molar-refractivity contribution < 1.29 is 27.5 Å². The van der Waals surface area contributed by atoms with Crippen LogP contribution in [0.2, 0.25) is 0 Å². The van der Waals surface area contributed by atoms with E-state index in [9.17, 15) is 13.2 Å². The minimum Gasteiger partial charge on any atom is -0.475 e. The van der Waals surface area contributed by atoms with E-state index >= 15 is 0 Å². The standard InChI is InChI=1S/C19H23NO.C2HF3O2/c1-15-4-5-16-6-7-19(18(16)13-15)8-10-20(11-9-19)14-17-3-2-12-21-17;3-2(4,5)1(6)7/h2-5,12-13H,6-11,14H2,1H3;(H,6,7). The fourth-order valence-electron chi connectivity index (χ4n) is 4.19. The van der Waals surface area contributed by atoms with Crippen LogP contribution in [0.5, 0.6) is 0 Å². The number of furan rings is 1. The predicted molar refractivity (Wildman–Crippen MR) is 98.1 cm³/mol. The van der Waals surface area contributed by atoms with Crippen molar-refractivity contribution in [1.29, 1.82) is 0 Å². The molecule has 1 N–H and O–H groups in total. The third-order valence-corrected chi connectivity index (χ3v) is 5.72. The number of carbonyl (C=O) groups is 1. The Labute approximate surface area is 162 Å². The molecule has 28 heavy (non-hydrogen) atoms. The monoisotopic (exact) mass is 395 g/mol. The average Bonchev–Trinajstić information content (AvgIpc) is 3.26. The van der Waals surface area contributed by atoms with Gasteiger partial charge in [0, 0.05) is 0 Å². The van der Waals surface area contributed by atoms with E-state index in [-0.39, 0.29) is 0 Å². The Balaban J connectivity index is 0.000000279. The maximum Gasteiger partial charge on any atom is 0.490 e. The molecular formula is C21H24F3NO3. The van der Waals surface area contributed by atoms with Crippen molar-refractivity contribution in [3.8, 4) is 0 Å². The molecule has 4 rings (SSSR count). The number of halogens is 3. The van der Waals surface area contributed by atoms with Crippen LogP contribution in [0.15, 0.2) is 41.0 Å². The Hall–Kier alpha value is -2.28. The van der Waals surface area contributed by atoms with E-state index in [1.54, 1.807) is 17.4 Å². The van der Waals surface area contributed by atoms with Gasteiger partial charge in [-0.3, -0.25) is 4.90 Å². The molecule has 1 saturated heterocycles. The van der Waals surface area contributed by atoms with E-state index in [1.165, 1.54) is 44.3 Å². The van der Waals surface area contributed by atoms with E-state index in [1.807, 2.05) is 6.07 Å². The summed E-state index contributed by atoms with van der Waals surface area (Å²) >= 11 is 0. The largest absolute Gasteiger partial charge is 0.490 e. The number of piperidine rings is 1. The summed E-state index contributed by atoms with van der Waals surface area (Å²) < 4.78 is 37.2. The molecule has 0 unspecified atom stereocenters. The molecular weight excluding hydrogens is 371 g/mol. The molecule has 1 aromatic carbocycles. The number of alkyl halides is 3. The zero-order valence-corrected chi connectivity index (χ0v) is 15.8. The van der Waals surface area contributed by atoms with Gasteiger partial charge >= 0.3 is 12.1 Å². The first-order chi connectivity index (χ1) is 13.2. The SMILES string of the molecule is Cc1ccc2c(c1)C1(CC2)CCN(Cc2ccco2)CC1.O=C(O)C(F)(F)F. The normalized spacial score (nSPS) is 18.4. The topological polar surface area (TPSA) is 53.7 Å². The van der Waals surface area contributed by atoms with E-state index in [2.05, 4.69) is 36.1 Å². The highest BCUT2D eigenvalue weighted by molar-refractivity contribution is 5.73. The first-order valence-electron chi connectivity index (χ1n) is 9.34. The van der Waals surface area contributed by atoms with Crippen molar-refractivity contribution in [1.82, 2.24) is 4.90 Å². The lowest BCUT2D eigenvalue weighted by molar-refractivity contribution is -0.192. The Kier molecular flexibility index (Phi) is 5.84. The molecule has 4 nitrogen and oxygen atoms in total. The summed E-state index contributed by atoms with van der Waals surface area (Å²) in [6.07, 6.45) is 1.90. The summed E-state index contributed by atoms with van der Waals surface area (Å²) in [5, 5.41) is 7.12. The second-order valence-corrected chi connectivity index (χ2v) is 7.60. The summed E-state index contributed by atoms with van der Waals surface area (Å²) in [6.45, 7) is 5.56. The predicted octanol–water partition coefficient (Wildman–Crippen LogP) is 4.70. The van der Waals surface area contributed by atoms with E-state index in [0.29, 0.717) is 5.41 Å². The number of hydrogen-bond acceptors (Lipinski definition) is 3. The van der Waals surface area contributed by atoms with Gasteiger partial charge in [-0.25, -0.2) is 4.79 Å². The van der Waals surface area contributed by atoms with Crippen LogP contribution in [-0.4, -0.2) is 35.2 Å². The van der Waals surface area contributed by atoms with Gasteiger partial charge in [-0.15, -0.1) is 0 Å². The number of nitrogens with zero attached hydrogens (tertiary/aromatic N) is 1. The highest BCUT2D eigenvalue weighted by atomic mass is 19.4. The summed E-state index contributed by atoms with van der Waals surface area (Å²) in [5.41, 5.74) is 5.12. The maximum absolute atomic E-state index is 10.6. The van der Waals surface area contributed by atoms with Crippen molar-refractivity contribution in [3.63, 3.8) is 0 Å². The van der Waals surface area contributed by atoms with Gasteiger partial charge in [0.15, 0.2) is 0 Å². The molecule has 2 heterocycles. The van der Waals surface area contributed by atoms with Crippen LogP contribution < -0.4 is 0 Å². The van der Waals surface area contributed by atoms with Crippen LogP contribution in [0.25, 0.3) is 0 Å². The summed E-state index contributed by atoms with van der Waals surface area (Å²) in [6, 6.07) is 11.1. The lowest BCUT2D eigenvalue weighted by atomic mass is 9.73. The zero-order valence-electron chi connectivity index (χ0n) is 15.8. The van der Waals surface area contributed by atoms with Gasteiger partial charge in [-0.2, -0.15) is 13.2 Å². The molecule has 0 amide bonds. The summed E-state index contributed by atoms with van der Waals surface area (Å²) in [5.74, 6) is -1.67. The molecule has 1 aliphatic carbocycles. The van der Waals surface area contributed by atoms with Crippen LogP contribution >= 0.6 is 0 Å². The number of likely N-dealkylation sites (tertiary alicyclic amines) is 1. The molecule has 0 saturated carbocycles. The van der Waals surface area contributed by atoms with E-state index in [0.717, 1.165) is 12.3 Å². The number of fused-ring (bicyclic) bond motifs is 2. The molecule has 2 aliphatic rings. The number of hydrogen-bond donors (Lipinski definition) is 1. The van der Waals surface area contributed by atoms with Crippen LogP contribution in [0.3, 0.4) is 0 Å². The second-order valence-electron chi connectivity index (χ2n) is 7.60. The van der Waals surface area contributed by atoms with Crippen LogP contribution in [-0.2, 0) is 23.2 Å². The Morgan fingerprint density at radius 3 is 2.46 bits per heavy atom. The molecule has 1 fully saturated rings. The molecule has 1 spiro atoms. The number of aryl methyl sites for hydroxylation is 2. The molecule has 152 valence electrons. The van der Waals surface area contributed by atoms with Gasteiger partial charge in [-0.05, 0) is 74.4 Å². The van der Waals surface area contributed by atoms with E-state index < -0.39 is 12.1 Å².